The van der Waals surface area contributed by atoms with Crippen LogP contribution in [0.3, 0.4) is 0 Å². The van der Waals surface area contributed by atoms with Gasteiger partial charge >= 0.3 is 0 Å². The van der Waals surface area contributed by atoms with Crippen LogP contribution in [0.1, 0.15) is 12.8 Å². The Morgan fingerprint density at radius 1 is 1.38 bits per heavy atom. The summed E-state index contributed by atoms with van der Waals surface area (Å²) in [5.41, 5.74) is 0. The summed E-state index contributed by atoms with van der Waals surface area (Å²) in [6.07, 6.45) is 8.97. The lowest BCUT2D eigenvalue weighted by Crippen LogP contribution is -2.34. The second-order valence-corrected chi connectivity index (χ2v) is 3.19. The van der Waals surface area contributed by atoms with Crippen LogP contribution in [0.25, 0.3) is 0 Å². The van der Waals surface area contributed by atoms with Crippen molar-refractivity contribution in [2.75, 3.05) is 0 Å². The Balaban J connectivity index is 2.71. The summed E-state index contributed by atoms with van der Waals surface area (Å²) in [5.74, 6) is 0.402. The average Bonchev–Trinajstić information content (AvgIpc) is 2.11. The van der Waals surface area contributed by atoms with E-state index in [1.165, 1.54) is 0 Å². The van der Waals surface area contributed by atoms with Gasteiger partial charge in [-0.05, 0) is 18.8 Å². The fourth-order valence-corrected chi connectivity index (χ4v) is 1.59. The van der Waals surface area contributed by atoms with Crippen LogP contribution in [0.2, 0.25) is 0 Å². The van der Waals surface area contributed by atoms with Gasteiger partial charge in [-0.2, -0.15) is 0 Å². The van der Waals surface area contributed by atoms with E-state index in [1.807, 2.05) is 12.2 Å². The molecule has 1 aliphatic rings. The molecular formula is C11H15NO. The molecule has 0 aromatic heterocycles. The predicted molar refractivity (Wildman–Crippen MR) is 53.9 cm³/mol. The van der Waals surface area contributed by atoms with Crippen LogP contribution in [0.5, 0.6) is 0 Å². The zero-order valence-corrected chi connectivity index (χ0v) is 7.70. The fraction of sp³-hybridized carbons (Fsp3) is 0.364. The van der Waals surface area contributed by atoms with E-state index >= 15 is 0 Å². The number of rotatable bonds is 4. The molecule has 1 rings (SSSR count). The SMILES string of the molecule is C=CC[C@H]1C=CNC(=O)[C@@H]1CC=C. The van der Waals surface area contributed by atoms with Gasteiger partial charge < -0.3 is 5.32 Å². The van der Waals surface area contributed by atoms with Crippen LogP contribution >= 0.6 is 0 Å². The van der Waals surface area contributed by atoms with Crippen molar-refractivity contribution in [2.24, 2.45) is 11.8 Å². The van der Waals surface area contributed by atoms with Crippen molar-refractivity contribution in [1.82, 2.24) is 5.32 Å². The monoisotopic (exact) mass is 177 g/mol. The number of hydrogen-bond donors (Lipinski definition) is 1. The van der Waals surface area contributed by atoms with E-state index in [0.29, 0.717) is 0 Å². The largest absolute Gasteiger partial charge is 0.333 e. The van der Waals surface area contributed by atoms with Gasteiger partial charge in [0.05, 0.1) is 0 Å². The van der Waals surface area contributed by atoms with Crippen LogP contribution in [0.4, 0.5) is 0 Å². The third-order valence-corrected chi connectivity index (χ3v) is 2.28. The molecule has 0 fully saturated rings. The Morgan fingerprint density at radius 2 is 2.08 bits per heavy atom. The first-order chi connectivity index (χ1) is 6.29. The number of carbonyl (C=O) groups excluding carboxylic acids is 1. The van der Waals surface area contributed by atoms with Gasteiger partial charge in [0, 0.05) is 12.1 Å². The molecule has 0 aromatic carbocycles. The third-order valence-electron chi connectivity index (χ3n) is 2.28. The summed E-state index contributed by atoms with van der Waals surface area (Å²) in [6.45, 7) is 7.34. The van der Waals surface area contributed by atoms with Gasteiger partial charge in [-0.25, -0.2) is 0 Å². The van der Waals surface area contributed by atoms with Gasteiger partial charge in [0.25, 0.3) is 0 Å². The Kier molecular flexibility index (Phi) is 3.50. The van der Waals surface area contributed by atoms with Gasteiger partial charge in [0.2, 0.25) is 5.91 Å². The Labute approximate surface area is 79.0 Å². The first-order valence-electron chi connectivity index (χ1n) is 4.48. The molecule has 2 heteroatoms. The maximum Gasteiger partial charge on any atom is 0.227 e. The predicted octanol–water partition coefficient (Wildman–Crippen LogP) is 2.01. The minimum absolute atomic E-state index is 0.0282. The maximum atomic E-state index is 11.4. The smallest absolute Gasteiger partial charge is 0.227 e. The second-order valence-electron chi connectivity index (χ2n) is 3.19. The molecule has 0 saturated carbocycles. The lowest BCUT2D eigenvalue weighted by atomic mass is 9.84. The quantitative estimate of drug-likeness (QED) is 0.654. The van der Waals surface area contributed by atoms with Gasteiger partial charge in [-0.3, -0.25) is 4.79 Å². The van der Waals surface area contributed by atoms with Crippen LogP contribution in [-0.2, 0) is 4.79 Å². The summed E-state index contributed by atoms with van der Waals surface area (Å²) in [7, 11) is 0. The van der Waals surface area contributed by atoms with Crippen molar-refractivity contribution >= 4 is 5.91 Å². The van der Waals surface area contributed by atoms with Crippen molar-refractivity contribution in [3.8, 4) is 0 Å². The molecule has 0 aromatic rings. The molecule has 1 amide bonds. The number of amides is 1. The lowest BCUT2D eigenvalue weighted by molar-refractivity contribution is -0.125. The molecule has 2 nitrogen and oxygen atoms in total. The first kappa shape index (κ1) is 9.78. The molecule has 2 atom stereocenters. The van der Waals surface area contributed by atoms with Crippen LogP contribution in [0, 0.1) is 11.8 Å². The van der Waals surface area contributed by atoms with E-state index in [2.05, 4.69) is 18.5 Å². The third kappa shape index (κ3) is 2.31. The van der Waals surface area contributed by atoms with Gasteiger partial charge in [-0.15, -0.1) is 13.2 Å². The number of carbonyl (C=O) groups is 1. The van der Waals surface area contributed by atoms with E-state index in [-0.39, 0.29) is 17.7 Å². The molecule has 1 N–H and O–H groups in total. The molecule has 0 saturated heterocycles. The van der Waals surface area contributed by atoms with E-state index in [4.69, 9.17) is 0 Å². The van der Waals surface area contributed by atoms with E-state index in [9.17, 15) is 4.79 Å². The van der Waals surface area contributed by atoms with Crippen molar-refractivity contribution in [3.05, 3.63) is 37.6 Å². The zero-order chi connectivity index (χ0) is 9.68. The van der Waals surface area contributed by atoms with Crippen LogP contribution < -0.4 is 5.32 Å². The first-order valence-corrected chi connectivity index (χ1v) is 4.48. The molecule has 0 unspecified atom stereocenters. The Bertz CT molecular complexity index is 242. The Hall–Kier alpha value is -1.31. The van der Waals surface area contributed by atoms with Crippen LogP contribution in [-0.4, -0.2) is 5.91 Å². The van der Waals surface area contributed by atoms with Crippen molar-refractivity contribution < 1.29 is 4.79 Å². The lowest BCUT2D eigenvalue weighted by Gasteiger charge is -2.24. The van der Waals surface area contributed by atoms with Crippen molar-refractivity contribution in [2.45, 2.75) is 12.8 Å². The van der Waals surface area contributed by atoms with E-state index in [1.54, 1.807) is 12.3 Å². The van der Waals surface area contributed by atoms with Crippen LogP contribution in [0.15, 0.2) is 37.6 Å². The maximum absolute atomic E-state index is 11.4. The van der Waals surface area contributed by atoms with E-state index < -0.39 is 0 Å². The average molecular weight is 177 g/mol. The second kappa shape index (κ2) is 4.65. The molecule has 0 spiro atoms. The fourth-order valence-electron chi connectivity index (χ4n) is 1.59. The number of hydrogen-bond acceptors (Lipinski definition) is 1. The zero-order valence-electron chi connectivity index (χ0n) is 7.70. The van der Waals surface area contributed by atoms with E-state index in [0.717, 1.165) is 12.8 Å². The highest BCUT2D eigenvalue weighted by Gasteiger charge is 2.26. The molecule has 0 radical (unpaired) electrons. The summed E-state index contributed by atoms with van der Waals surface area (Å²) >= 11 is 0. The normalized spacial score (nSPS) is 26.6. The summed E-state index contributed by atoms with van der Waals surface area (Å²) in [4.78, 5) is 11.4. The van der Waals surface area contributed by atoms with Gasteiger partial charge in [-0.1, -0.05) is 18.2 Å². The molecular weight excluding hydrogens is 162 g/mol. The van der Waals surface area contributed by atoms with Crippen molar-refractivity contribution in [3.63, 3.8) is 0 Å². The summed E-state index contributed by atoms with van der Waals surface area (Å²) < 4.78 is 0. The summed E-state index contributed by atoms with van der Waals surface area (Å²) in [6, 6.07) is 0. The molecule has 1 heterocycles. The highest BCUT2D eigenvalue weighted by Crippen LogP contribution is 2.24. The molecule has 1 aliphatic heterocycles. The minimum atomic E-state index is 0.0282. The minimum Gasteiger partial charge on any atom is -0.333 e. The Morgan fingerprint density at radius 3 is 2.69 bits per heavy atom. The highest BCUT2D eigenvalue weighted by atomic mass is 16.1. The molecule has 13 heavy (non-hydrogen) atoms. The molecule has 0 aliphatic carbocycles. The summed E-state index contributed by atoms with van der Waals surface area (Å²) in [5, 5.41) is 2.70. The highest BCUT2D eigenvalue weighted by molar-refractivity contribution is 5.81. The van der Waals surface area contributed by atoms with Crippen molar-refractivity contribution in [1.29, 1.82) is 0 Å². The standard InChI is InChI=1S/C11H15NO/c1-3-5-9-7-8-12-11(13)10(9)6-4-2/h3-4,7-10H,1-2,5-6H2,(H,12,13)/t9-,10+/m0/s1. The number of allylic oxidation sites excluding steroid dienone is 3. The van der Waals surface area contributed by atoms with Gasteiger partial charge in [0.15, 0.2) is 0 Å². The number of nitrogens with one attached hydrogen (secondary N) is 1. The van der Waals surface area contributed by atoms with Gasteiger partial charge in [0.1, 0.15) is 0 Å². The molecule has 0 bridgehead atoms. The topological polar surface area (TPSA) is 29.1 Å². The molecule has 70 valence electrons.